The molecule has 1 aromatic carbocycles. The van der Waals surface area contributed by atoms with E-state index >= 15 is 0 Å². The highest BCUT2D eigenvalue weighted by Gasteiger charge is 2.10. The summed E-state index contributed by atoms with van der Waals surface area (Å²) in [4.78, 5) is 11.8. The Morgan fingerprint density at radius 1 is 1.37 bits per heavy atom. The third-order valence-electron chi connectivity index (χ3n) is 2.16. The zero-order chi connectivity index (χ0) is 13.8. The van der Waals surface area contributed by atoms with Gasteiger partial charge >= 0.3 is 6.03 Å². The van der Waals surface area contributed by atoms with Crippen LogP contribution >= 0.6 is 22.9 Å². The van der Waals surface area contributed by atoms with Crippen LogP contribution in [0.2, 0.25) is 5.02 Å². The van der Waals surface area contributed by atoms with Crippen molar-refractivity contribution in [1.82, 2.24) is 10.2 Å². The number of methoxy groups -OCH3 is 1. The fraction of sp³-hybridized carbons (Fsp3) is 0.182. The Morgan fingerprint density at radius 2 is 2.16 bits per heavy atom. The normalized spacial score (nSPS) is 10.1. The molecule has 0 bridgehead atoms. The molecule has 0 radical (unpaired) electrons. The van der Waals surface area contributed by atoms with Crippen LogP contribution in [0.4, 0.5) is 15.6 Å². The average molecular weight is 299 g/mol. The van der Waals surface area contributed by atoms with Crippen molar-refractivity contribution >= 4 is 39.8 Å². The summed E-state index contributed by atoms with van der Waals surface area (Å²) in [7, 11) is 1.51. The first-order chi connectivity index (χ1) is 9.08. The lowest BCUT2D eigenvalue weighted by molar-refractivity contribution is 0.262. The number of amides is 2. The van der Waals surface area contributed by atoms with Gasteiger partial charge in [0.25, 0.3) is 0 Å². The van der Waals surface area contributed by atoms with Crippen LogP contribution in [-0.2, 0) is 0 Å². The van der Waals surface area contributed by atoms with Crippen LogP contribution in [0.25, 0.3) is 0 Å². The summed E-state index contributed by atoms with van der Waals surface area (Å²) in [6.07, 6.45) is 0. The molecule has 19 heavy (non-hydrogen) atoms. The highest BCUT2D eigenvalue weighted by atomic mass is 35.5. The summed E-state index contributed by atoms with van der Waals surface area (Å²) >= 11 is 7.16. The average Bonchev–Trinajstić information content (AvgIpc) is 2.75. The number of hydrogen-bond donors (Lipinski definition) is 2. The number of nitrogens with zero attached hydrogens (tertiary/aromatic N) is 2. The Labute approximate surface area is 118 Å². The number of urea groups is 1. The van der Waals surface area contributed by atoms with E-state index in [-0.39, 0.29) is 0 Å². The van der Waals surface area contributed by atoms with Gasteiger partial charge < -0.3 is 10.1 Å². The van der Waals surface area contributed by atoms with Gasteiger partial charge in [0.15, 0.2) is 0 Å². The van der Waals surface area contributed by atoms with E-state index in [9.17, 15) is 4.79 Å². The van der Waals surface area contributed by atoms with Gasteiger partial charge in [-0.1, -0.05) is 22.9 Å². The van der Waals surface area contributed by atoms with Crippen LogP contribution in [-0.4, -0.2) is 23.3 Å². The van der Waals surface area contributed by atoms with Crippen molar-refractivity contribution in [2.45, 2.75) is 6.92 Å². The Balaban J connectivity index is 2.08. The molecule has 2 aromatic rings. The molecule has 1 aromatic heterocycles. The van der Waals surface area contributed by atoms with Gasteiger partial charge in [0.05, 0.1) is 12.8 Å². The maximum Gasteiger partial charge on any atom is 0.325 e. The van der Waals surface area contributed by atoms with Gasteiger partial charge in [0.1, 0.15) is 10.8 Å². The first kappa shape index (κ1) is 13.6. The number of aromatic nitrogens is 2. The highest BCUT2D eigenvalue weighted by molar-refractivity contribution is 7.15. The Kier molecular flexibility index (Phi) is 4.18. The second-order valence-corrected chi connectivity index (χ2v) is 5.17. The van der Waals surface area contributed by atoms with Crippen LogP contribution in [0.15, 0.2) is 18.2 Å². The van der Waals surface area contributed by atoms with Crippen molar-refractivity contribution in [1.29, 1.82) is 0 Å². The van der Waals surface area contributed by atoms with E-state index in [1.54, 1.807) is 25.1 Å². The van der Waals surface area contributed by atoms with Gasteiger partial charge in [0, 0.05) is 5.02 Å². The molecule has 2 amide bonds. The predicted molar refractivity (Wildman–Crippen MR) is 75.3 cm³/mol. The lowest BCUT2D eigenvalue weighted by atomic mass is 10.3. The van der Waals surface area contributed by atoms with Gasteiger partial charge in [-0.05, 0) is 25.1 Å². The number of ether oxygens (including phenoxy) is 1. The molecule has 0 saturated heterocycles. The summed E-state index contributed by atoms with van der Waals surface area (Å²) in [6.45, 7) is 1.81. The van der Waals surface area contributed by atoms with Crippen molar-refractivity contribution in [3.63, 3.8) is 0 Å². The fourth-order valence-corrected chi connectivity index (χ4v) is 2.13. The van der Waals surface area contributed by atoms with Gasteiger partial charge in [-0.15, -0.1) is 10.2 Å². The molecule has 1 heterocycles. The maximum absolute atomic E-state index is 11.8. The minimum Gasteiger partial charge on any atom is -0.495 e. The topological polar surface area (TPSA) is 76.1 Å². The summed E-state index contributed by atoms with van der Waals surface area (Å²) in [6, 6.07) is 4.52. The van der Waals surface area contributed by atoms with Crippen molar-refractivity contribution < 1.29 is 9.53 Å². The quantitative estimate of drug-likeness (QED) is 0.912. The van der Waals surface area contributed by atoms with Crippen LogP contribution in [0, 0.1) is 6.92 Å². The number of aryl methyl sites for hydroxylation is 1. The summed E-state index contributed by atoms with van der Waals surface area (Å²) in [5.41, 5.74) is 0.480. The zero-order valence-corrected chi connectivity index (χ0v) is 11.8. The number of halogens is 1. The molecule has 2 N–H and O–H groups in total. The summed E-state index contributed by atoms with van der Waals surface area (Å²) < 4.78 is 5.13. The van der Waals surface area contributed by atoms with Gasteiger partial charge in [-0.2, -0.15) is 0 Å². The van der Waals surface area contributed by atoms with Crippen LogP contribution in [0.1, 0.15) is 5.01 Å². The molecule has 0 aliphatic carbocycles. The molecule has 2 rings (SSSR count). The minimum atomic E-state index is -0.434. The zero-order valence-electron chi connectivity index (χ0n) is 10.2. The number of hydrogen-bond acceptors (Lipinski definition) is 5. The van der Waals surface area contributed by atoms with Gasteiger partial charge in [0.2, 0.25) is 5.13 Å². The number of anilines is 2. The number of nitrogens with one attached hydrogen (secondary N) is 2. The monoisotopic (exact) mass is 298 g/mol. The van der Waals surface area contributed by atoms with Crippen molar-refractivity contribution in [3.8, 4) is 5.75 Å². The summed E-state index contributed by atoms with van der Waals surface area (Å²) in [5, 5.41) is 14.5. The number of carbonyl (C=O) groups excluding carboxylic acids is 1. The molecule has 6 nitrogen and oxygen atoms in total. The third kappa shape index (κ3) is 3.55. The fourth-order valence-electron chi connectivity index (χ4n) is 1.38. The predicted octanol–water partition coefficient (Wildman–Crippen LogP) is 3.15. The second kappa shape index (κ2) is 5.85. The molecule has 0 fully saturated rings. The number of carbonyl (C=O) groups is 1. The molecular formula is C11H11ClN4O2S. The maximum atomic E-state index is 11.8. The highest BCUT2D eigenvalue weighted by Crippen LogP contribution is 2.27. The molecule has 0 saturated carbocycles. The van der Waals surface area contributed by atoms with Crippen molar-refractivity contribution in [3.05, 3.63) is 28.2 Å². The summed E-state index contributed by atoms with van der Waals surface area (Å²) in [5.74, 6) is 0.521. The van der Waals surface area contributed by atoms with Gasteiger partial charge in [-0.3, -0.25) is 5.32 Å². The van der Waals surface area contributed by atoms with Crippen LogP contribution in [0.3, 0.4) is 0 Å². The van der Waals surface area contributed by atoms with Crippen molar-refractivity contribution in [2.24, 2.45) is 0 Å². The van der Waals surface area contributed by atoms with E-state index in [2.05, 4.69) is 20.8 Å². The molecule has 0 unspecified atom stereocenters. The van der Waals surface area contributed by atoms with E-state index in [4.69, 9.17) is 16.3 Å². The van der Waals surface area contributed by atoms with Crippen LogP contribution < -0.4 is 15.4 Å². The molecule has 0 atom stereocenters. The van der Waals surface area contributed by atoms with E-state index in [1.165, 1.54) is 18.4 Å². The second-order valence-electron chi connectivity index (χ2n) is 3.55. The smallest absolute Gasteiger partial charge is 0.325 e. The first-order valence-corrected chi connectivity index (χ1v) is 6.49. The number of rotatable bonds is 3. The molecule has 100 valence electrons. The standard InChI is InChI=1S/C11H11ClN4O2S/c1-6-15-16-11(19-6)14-10(17)13-8-5-7(12)3-4-9(8)18-2/h3-5H,1-2H3,(H2,13,14,16,17). The lowest BCUT2D eigenvalue weighted by Gasteiger charge is -2.10. The molecule has 0 aliphatic rings. The van der Waals surface area contributed by atoms with E-state index < -0.39 is 6.03 Å². The molecule has 8 heteroatoms. The SMILES string of the molecule is COc1ccc(Cl)cc1NC(=O)Nc1nnc(C)s1. The third-order valence-corrected chi connectivity index (χ3v) is 3.15. The van der Waals surface area contributed by atoms with Gasteiger partial charge in [-0.25, -0.2) is 4.79 Å². The largest absolute Gasteiger partial charge is 0.495 e. The first-order valence-electron chi connectivity index (χ1n) is 5.30. The van der Waals surface area contributed by atoms with Crippen molar-refractivity contribution in [2.75, 3.05) is 17.7 Å². The molecular weight excluding hydrogens is 288 g/mol. The minimum absolute atomic E-state index is 0.427. The lowest BCUT2D eigenvalue weighted by Crippen LogP contribution is -2.19. The molecule has 0 spiro atoms. The Hall–Kier alpha value is -1.86. The van der Waals surface area contributed by atoms with Crippen LogP contribution in [0.5, 0.6) is 5.75 Å². The van der Waals surface area contributed by atoms with E-state index in [0.717, 1.165) is 5.01 Å². The van der Waals surface area contributed by atoms with E-state index in [1.807, 2.05) is 0 Å². The Bertz CT molecular complexity index is 602. The van der Waals surface area contributed by atoms with E-state index in [0.29, 0.717) is 21.6 Å². The number of benzene rings is 1. The molecule has 0 aliphatic heterocycles. The Morgan fingerprint density at radius 3 is 2.79 bits per heavy atom.